The summed E-state index contributed by atoms with van der Waals surface area (Å²) in [6.07, 6.45) is -15.7. The smallest absolute Gasteiger partial charge is 0.335 e. The minimum atomic E-state index is -2.20. The van der Waals surface area contributed by atoms with Crippen molar-refractivity contribution in [2.45, 2.75) is 48.8 Å². The van der Waals surface area contributed by atoms with Crippen molar-refractivity contribution in [1.82, 2.24) is 0 Å². The van der Waals surface area contributed by atoms with E-state index in [2.05, 4.69) is 0 Å². The van der Waals surface area contributed by atoms with Gasteiger partial charge in [-0.3, -0.25) is 0 Å². The molecule has 16 heteroatoms. The predicted octanol–water partition coefficient (Wildman–Crippen LogP) is -6.99. The van der Waals surface area contributed by atoms with E-state index in [4.69, 9.17) is 61.3 Å². The Morgan fingerprint density at radius 2 is 0.750 bits per heavy atom. The van der Waals surface area contributed by atoms with Crippen molar-refractivity contribution >= 4 is 11.9 Å². The molecule has 0 bridgehead atoms. The van der Waals surface area contributed by atoms with Gasteiger partial charge in [-0.25, -0.2) is 9.59 Å². The molecular weight excluding hydrogens is 499 g/mol. The second-order valence-electron chi connectivity index (χ2n) is 5.03. The van der Waals surface area contributed by atoms with Gasteiger partial charge in [0.05, 0.1) is 13.2 Å². The van der Waals surface area contributed by atoms with E-state index in [1.807, 2.05) is 0 Å². The molecule has 160 valence electrons. The molecule has 0 aromatic carbocycles. The van der Waals surface area contributed by atoms with Gasteiger partial charge in [-0.2, -0.15) is 0 Å². The van der Waals surface area contributed by atoms with Gasteiger partial charge in [0.25, 0.3) is 0 Å². The molecule has 0 unspecified atom stereocenters. The largest absolute Gasteiger partial charge is 0.479 e. The summed E-state index contributed by atoms with van der Waals surface area (Å²) in [6, 6.07) is 0. The molecule has 0 amide bonds. The average Bonchev–Trinajstić information content (AvgIpc) is 2.62. The standard InChI is InChI=1S/2C6H12O7.2Zn/c2*7-1-2(8)3(9)4(10)5(11)6(12)13;;/h2*2-5,7-11H,1H2,(H,12,13);;/t2*2-,3-,4+,5-;;/m11../s1. The maximum absolute atomic E-state index is 10.1. The molecule has 0 aromatic heterocycles. The monoisotopic (exact) mass is 520 g/mol. The van der Waals surface area contributed by atoms with Crippen molar-refractivity contribution < 1.29 is 110 Å². The van der Waals surface area contributed by atoms with Crippen molar-refractivity contribution in [2.24, 2.45) is 0 Å². The van der Waals surface area contributed by atoms with Crippen LogP contribution in [0.5, 0.6) is 0 Å². The van der Waals surface area contributed by atoms with Crippen LogP contribution in [0.15, 0.2) is 0 Å². The van der Waals surface area contributed by atoms with E-state index >= 15 is 0 Å². The number of hydrogen-bond acceptors (Lipinski definition) is 12. The first-order valence-electron chi connectivity index (χ1n) is 6.95. The topological polar surface area (TPSA) is 277 Å². The first-order chi connectivity index (χ1) is 11.8. The van der Waals surface area contributed by atoms with Crippen LogP contribution in [0.3, 0.4) is 0 Å². The maximum Gasteiger partial charge on any atom is 0.335 e. The molecule has 0 fully saturated rings. The molecule has 0 rings (SSSR count). The Balaban J connectivity index is -0.000000192. The third-order valence-corrected chi connectivity index (χ3v) is 3.02. The van der Waals surface area contributed by atoms with Crippen LogP contribution < -0.4 is 0 Å². The molecule has 0 saturated heterocycles. The quantitative estimate of drug-likeness (QED) is 0.119. The Bertz CT molecular complexity index is 389. The van der Waals surface area contributed by atoms with Crippen molar-refractivity contribution in [2.75, 3.05) is 13.2 Å². The molecular formula is C12H24O14Zn2. The molecule has 8 atom stereocenters. The Morgan fingerprint density at radius 3 is 0.893 bits per heavy atom. The molecule has 0 aliphatic carbocycles. The van der Waals surface area contributed by atoms with E-state index in [9.17, 15) is 9.59 Å². The predicted molar refractivity (Wildman–Crippen MR) is 77.5 cm³/mol. The van der Waals surface area contributed by atoms with Gasteiger partial charge in [0.2, 0.25) is 0 Å². The van der Waals surface area contributed by atoms with Crippen molar-refractivity contribution in [1.29, 1.82) is 0 Å². The van der Waals surface area contributed by atoms with E-state index in [-0.39, 0.29) is 39.0 Å². The second kappa shape index (κ2) is 17.6. The van der Waals surface area contributed by atoms with Gasteiger partial charge in [0.1, 0.15) is 36.6 Å². The zero-order chi connectivity index (χ0) is 21.2. The van der Waals surface area contributed by atoms with E-state index in [0.29, 0.717) is 0 Å². The minimum Gasteiger partial charge on any atom is -0.479 e. The van der Waals surface area contributed by atoms with E-state index < -0.39 is 74.0 Å². The van der Waals surface area contributed by atoms with Crippen LogP contribution in [0.2, 0.25) is 0 Å². The van der Waals surface area contributed by atoms with Gasteiger partial charge < -0.3 is 61.3 Å². The van der Waals surface area contributed by atoms with Gasteiger partial charge in [-0.15, -0.1) is 0 Å². The number of carbonyl (C=O) groups is 2. The fourth-order valence-electron chi connectivity index (χ4n) is 1.34. The van der Waals surface area contributed by atoms with Crippen molar-refractivity contribution in [3.63, 3.8) is 0 Å². The normalized spacial score (nSPS) is 18.9. The Hall–Kier alpha value is -0.213. The zero-order valence-corrected chi connectivity index (χ0v) is 20.6. The minimum absolute atomic E-state index is 0. The summed E-state index contributed by atoms with van der Waals surface area (Å²) in [4.78, 5) is 20.2. The summed E-state index contributed by atoms with van der Waals surface area (Å²) in [5, 5.41) is 104. The number of aliphatic hydroxyl groups excluding tert-OH is 10. The summed E-state index contributed by atoms with van der Waals surface area (Å²) in [6.45, 7) is -1.69. The van der Waals surface area contributed by atoms with Gasteiger partial charge in [-0.05, 0) is 0 Å². The van der Waals surface area contributed by atoms with E-state index in [1.54, 1.807) is 0 Å². The summed E-state index contributed by atoms with van der Waals surface area (Å²) in [7, 11) is 0. The molecule has 0 spiro atoms. The third-order valence-electron chi connectivity index (χ3n) is 3.02. The first-order valence-corrected chi connectivity index (χ1v) is 6.95. The first kappa shape index (κ1) is 35.2. The van der Waals surface area contributed by atoms with Crippen LogP contribution in [0.25, 0.3) is 0 Å². The zero-order valence-electron chi connectivity index (χ0n) is 14.6. The number of carboxylic acids is 2. The van der Waals surface area contributed by atoms with Gasteiger partial charge in [-0.1, -0.05) is 0 Å². The van der Waals surface area contributed by atoms with Gasteiger partial charge in [0.15, 0.2) is 12.2 Å². The van der Waals surface area contributed by atoms with Gasteiger partial charge >= 0.3 is 11.9 Å². The van der Waals surface area contributed by atoms with Crippen LogP contribution in [-0.4, -0.2) is 135 Å². The fourth-order valence-corrected chi connectivity index (χ4v) is 1.34. The van der Waals surface area contributed by atoms with Gasteiger partial charge in [0, 0.05) is 39.0 Å². The number of aliphatic carboxylic acids is 2. The maximum atomic E-state index is 10.1. The third kappa shape index (κ3) is 12.4. The second-order valence-corrected chi connectivity index (χ2v) is 5.03. The average molecular weight is 523 g/mol. The molecule has 28 heavy (non-hydrogen) atoms. The molecule has 0 aliphatic rings. The van der Waals surface area contributed by atoms with Crippen LogP contribution in [0.1, 0.15) is 0 Å². The Morgan fingerprint density at radius 1 is 0.536 bits per heavy atom. The summed E-state index contributed by atoms with van der Waals surface area (Å²) >= 11 is 0. The fraction of sp³-hybridized carbons (Fsp3) is 0.833. The molecule has 0 radical (unpaired) electrons. The molecule has 0 aliphatic heterocycles. The van der Waals surface area contributed by atoms with Crippen LogP contribution in [-0.2, 0) is 48.5 Å². The number of aliphatic hydroxyl groups is 10. The Labute approximate surface area is 183 Å². The molecule has 0 aromatic rings. The van der Waals surface area contributed by atoms with Crippen molar-refractivity contribution in [3.8, 4) is 0 Å². The molecule has 14 nitrogen and oxygen atoms in total. The van der Waals surface area contributed by atoms with E-state index in [1.165, 1.54) is 0 Å². The molecule has 0 heterocycles. The van der Waals surface area contributed by atoms with E-state index in [0.717, 1.165) is 0 Å². The molecule has 12 N–H and O–H groups in total. The number of carboxylic acid groups (broad SMARTS) is 2. The number of rotatable bonds is 10. The Kier molecular flexibility index (Phi) is 22.2. The van der Waals surface area contributed by atoms with Crippen LogP contribution in [0.4, 0.5) is 0 Å². The summed E-state index contributed by atoms with van der Waals surface area (Å²) < 4.78 is 0. The summed E-state index contributed by atoms with van der Waals surface area (Å²) in [5.74, 6) is -3.45. The van der Waals surface area contributed by atoms with Crippen LogP contribution >= 0.6 is 0 Å². The van der Waals surface area contributed by atoms with Crippen LogP contribution in [0, 0.1) is 0 Å². The van der Waals surface area contributed by atoms with Crippen molar-refractivity contribution in [3.05, 3.63) is 0 Å². The SMILES string of the molecule is O=C(O)[C@H](O)[C@@H](O)[C@H](O)[C@H](O)CO.O=C(O)[C@H](O)[C@@H](O)[C@H](O)[C@H](O)CO.[Zn].[Zn]. The number of hydrogen-bond donors (Lipinski definition) is 12. The molecule has 0 saturated carbocycles. The summed E-state index contributed by atoms with van der Waals surface area (Å²) in [5.41, 5.74) is 0.